The SMILES string of the molecule is CNC1(CC(=O)NCC(C)(C)c2cccs2)CCCCC1. The molecule has 2 N–H and O–H groups in total. The van der Waals surface area contributed by atoms with E-state index < -0.39 is 0 Å². The van der Waals surface area contributed by atoms with Crippen molar-refractivity contribution in [2.24, 2.45) is 0 Å². The summed E-state index contributed by atoms with van der Waals surface area (Å²) in [5, 5.41) is 8.65. The molecular weight excluding hydrogens is 280 g/mol. The summed E-state index contributed by atoms with van der Waals surface area (Å²) in [5.74, 6) is 0.177. The first-order valence-electron chi connectivity index (χ1n) is 7.97. The molecule has 0 atom stereocenters. The smallest absolute Gasteiger partial charge is 0.221 e. The molecule has 0 unspecified atom stereocenters. The van der Waals surface area contributed by atoms with Crippen molar-refractivity contribution in [2.45, 2.75) is 63.3 Å². The van der Waals surface area contributed by atoms with Gasteiger partial charge in [0.25, 0.3) is 0 Å². The van der Waals surface area contributed by atoms with E-state index in [4.69, 9.17) is 0 Å². The molecule has 118 valence electrons. The minimum atomic E-state index is 0.00317. The van der Waals surface area contributed by atoms with Gasteiger partial charge >= 0.3 is 0 Å². The molecule has 2 rings (SSSR count). The molecule has 3 nitrogen and oxygen atoms in total. The quantitative estimate of drug-likeness (QED) is 0.845. The molecule has 1 amide bonds. The fourth-order valence-electron chi connectivity index (χ4n) is 3.18. The van der Waals surface area contributed by atoms with E-state index in [9.17, 15) is 4.79 Å². The van der Waals surface area contributed by atoms with Gasteiger partial charge in [0.1, 0.15) is 0 Å². The Hall–Kier alpha value is -0.870. The summed E-state index contributed by atoms with van der Waals surface area (Å²) in [4.78, 5) is 13.7. The summed E-state index contributed by atoms with van der Waals surface area (Å²) >= 11 is 1.76. The first kappa shape index (κ1) is 16.5. The maximum atomic E-state index is 12.3. The van der Waals surface area contributed by atoms with Crippen LogP contribution in [0.2, 0.25) is 0 Å². The van der Waals surface area contributed by atoms with Crippen molar-refractivity contribution in [1.82, 2.24) is 10.6 Å². The Kier molecular flexibility index (Phi) is 5.44. The van der Waals surface area contributed by atoms with Crippen molar-refractivity contribution in [2.75, 3.05) is 13.6 Å². The molecule has 1 aromatic rings. The topological polar surface area (TPSA) is 41.1 Å². The highest BCUT2D eigenvalue weighted by Gasteiger charge is 2.33. The molecule has 0 aromatic carbocycles. The van der Waals surface area contributed by atoms with Crippen LogP contribution in [0.25, 0.3) is 0 Å². The third kappa shape index (κ3) is 4.30. The van der Waals surface area contributed by atoms with Crippen LogP contribution in [0.3, 0.4) is 0 Å². The van der Waals surface area contributed by atoms with Crippen molar-refractivity contribution in [1.29, 1.82) is 0 Å². The molecule has 0 saturated heterocycles. The molecule has 1 aliphatic rings. The molecule has 1 aliphatic carbocycles. The molecule has 4 heteroatoms. The number of carbonyl (C=O) groups is 1. The van der Waals surface area contributed by atoms with Crippen molar-refractivity contribution in [3.8, 4) is 0 Å². The lowest BCUT2D eigenvalue weighted by Gasteiger charge is -2.37. The standard InChI is InChI=1S/C17H28N2OS/c1-16(2,14-8-7-11-21-14)13-19-15(20)12-17(18-3)9-5-4-6-10-17/h7-8,11,18H,4-6,9-10,12-13H2,1-3H3,(H,19,20). The van der Waals surface area contributed by atoms with Crippen LogP contribution in [0.4, 0.5) is 0 Å². The maximum Gasteiger partial charge on any atom is 0.221 e. The number of thiophene rings is 1. The number of hydrogen-bond donors (Lipinski definition) is 2. The van der Waals surface area contributed by atoms with Gasteiger partial charge < -0.3 is 10.6 Å². The second-order valence-corrected chi connectivity index (χ2v) is 7.85. The van der Waals surface area contributed by atoms with Crippen LogP contribution in [-0.2, 0) is 10.2 Å². The van der Waals surface area contributed by atoms with Gasteiger partial charge in [-0.25, -0.2) is 0 Å². The highest BCUT2D eigenvalue weighted by atomic mass is 32.1. The van der Waals surface area contributed by atoms with Crippen LogP contribution < -0.4 is 10.6 Å². The van der Waals surface area contributed by atoms with Crippen molar-refractivity contribution < 1.29 is 4.79 Å². The Balaban J connectivity index is 1.87. The minimum Gasteiger partial charge on any atom is -0.355 e. The Bertz CT molecular complexity index is 447. The van der Waals surface area contributed by atoms with Crippen molar-refractivity contribution >= 4 is 17.2 Å². The largest absolute Gasteiger partial charge is 0.355 e. The zero-order valence-corrected chi connectivity index (χ0v) is 14.3. The zero-order valence-electron chi connectivity index (χ0n) is 13.5. The van der Waals surface area contributed by atoms with E-state index in [1.807, 2.05) is 7.05 Å². The van der Waals surface area contributed by atoms with Gasteiger partial charge in [0, 0.05) is 28.8 Å². The van der Waals surface area contributed by atoms with E-state index in [2.05, 4.69) is 42.0 Å². The highest BCUT2D eigenvalue weighted by molar-refractivity contribution is 7.10. The monoisotopic (exact) mass is 308 g/mol. The van der Waals surface area contributed by atoms with Gasteiger partial charge in [-0.1, -0.05) is 39.2 Å². The average molecular weight is 308 g/mol. The summed E-state index contributed by atoms with van der Waals surface area (Å²) in [6.45, 7) is 5.08. The van der Waals surface area contributed by atoms with Crippen LogP contribution in [0.15, 0.2) is 17.5 Å². The van der Waals surface area contributed by atoms with E-state index in [1.54, 1.807) is 11.3 Å². The number of amides is 1. The van der Waals surface area contributed by atoms with Crippen LogP contribution in [0, 0.1) is 0 Å². The first-order valence-corrected chi connectivity index (χ1v) is 8.85. The number of nitrogens with one attached hydrogen (secondary N) is 2. The summed E-state index contributed by atoms with van der Waals surface area (Å²) in [5.41, 5.74) is 0.0264. The van der Waals surface area contributed by atoms with Crippen molar-refractivity contribution in [3.05, 3.63) is 22.4 Å². The molecule has 0 spiro atoms. The Labute approximate surface area is 132 Å². The van der Waals surface area contributed by atoms with Gasteiger partial charge in [-0.2, -0.15) is 0 Å². The van der Waals surface area contributed by atoms with Gasteiger partial charge in [0.15, 0.2) is 0 Å². The first-order chi connectivity index (χ1) is 9.97. The Morgan fingerprint density at radius 3 is 2.62 bits per heavy atom. The molecule has 1 fully saturated rings. The van der Waals surface area contributed by atoms with E-state index in [-0.39, 0.29) is 16.9 Å². The van der Waals surface area contributed by atoms with Crippen LogP contribution in [0.1, 0.15) is 57.2 Å². The molecule has 0 bridgehead atoms. The van der Waals surface area contributed by atoms with Crippen LogP contribution in [0.5, 0.6) is 0 Å². The van der Waals surface area contributed by atoms with Gasteiger partial charge in [0.05, 0.1) is 0 Å². The fraction of sp³-hybridized carbons (Fsp3) is 0.706. The molecule has 0 aliphatic heterocycles. The lowest BCUT2D eigenvalue weighted by molar-refractivity contribution is -0.123. The summed E-state index contributed by atoms with van der Waals surface area (Å²) in [6.07, 6.45) is 6.60. The normalized spacial score (nSPS) is 18.4. The lowest BCUT2D eigenvalue weighted by atomic mass is 9.79. The van der Waals surface area contributed by atoms with Gasteiger partial charge in [-0.05, 0) is 31.3 Å². The second-order valence-electron chi connectivity index (χ2n) is 6.91. The summed E-state index contributed by atoms with van der Waals surface area (Å²) < 4.78 is 0. The fourth-order valence-corrected chi connectivity index (χ4v) is 4.04. The highest BCUT2D eigenvalue weighted by Crippen LogP contribution is 2.31. The molecular formula is C17H28N2OS. The number of hydrogen-bond acceptors (Lipinski definition) is 3. The molecule has 1 saturated carbocycles. The third-order valence-corrected chi connectivity index (χ3v) is 5.99. The molecule has 0 radical (unpaired) electrons. The van der Waals surface area contributed by atoms with Crippen LogP contribution >= 0.6 is 11.3 Å². The molecule has 1 heterocycles. The predicted molar refractivity (Wildman–Crippen MR) is 89.8 cm³/mol. The average Bonchev–Trinajstić information content (AvgIpc) is 3.01. The van der Waals surface area contributed by atoms with Gasteiger partial charge in [-0.15, -0.1) is 11.3 Å². The van der Waals surface area contributed by atoms with Gasteiger partial charge in [-0.3, -0.25) is 4.79 Å². The van der Waals surface area contributed by atoms with Gasteiger partial charge in [0.2, 0.25) is 5.91 Å². The van der Waals surface area contributed by atoms with Crippen LogP contribution in [-0.4, -0.2) is 25.0 Å². The third-order valence-electron chi connectivity index (χ3n) is 4.76. The van der Waals surface area contributed by atoms with E-state index in [0.717, 1.165) is 12.8 Å². The van der Waals surface area contributed by atoms with Crippen molar-refractivity contribution in [3.63, 3.8) is 0 Å². The van der Waals surface area contributed by atoms with E-state index in [1.165, 1.54) is 24.1 Å². The molecule has 1 aromatic heterocycles. The molecule has 21 heavy (non-hydrogen) atoms. The zero-order chi connectivity index (χ0) is 15.3. The summed E-state index contributed by atoms with van der Waals surface area (Å²) in [7, 11) is 1.99. The Morgan fingerprint density at radius 2 is 2.05 bits per heavy atom. The van der Waals surface area contributed by atoms with E-state index in [0.29, 0.717) is 13.0 Å². The second kappa shape index (κ2) is 6.93. The maximum absolute atomic E-state index is 12.3. The lowest BCUT2D eigenvalue weighted by Crippen LogP contribution is -2.49. The predicted octanol–water partition coefficient (Wildman–Crippen LogP) is 3.45. The summed E-state index contributed by atoms with van der Waals surface area (Å²) in [6, 6.07) is 4.22. The number of carbonyl (C=O) groups excluding carboxylic acids is 1. The van der Waals surface area contributed by atoms with E-state index >= 15 is 0 Å². The Morgan fingerprint density at radius 1 is 1.33 bits per heavy atom. The minimum absolute atomic E-state index is 0.00317. The number of rotatable bonds is 6.